The van der Waals surface area contributed by atoms with Crippen LogP contribution in [0, 0.1) is 5.92 Å². The Morgan fingerprint density at radius 3 is 2.29 bits per heavy atom. The second-order valence-corrected chi connectivity index (χ2v) is 9.16. The summed E-state index contributed by atoms with van der Waals surface area (Å²) in [6.07, 6.45) is 1.73. The van der Waals surface area contributed by atoms with E-state index in [2.05, 4.69) is 71.1 Å². The number of morpholine rings is 1. The van der Waals surface area contributed by atoms with Crippen LogP contribution in [0.1, 0.15) is 43.7 Å². The number of benzene rings is 2. The monoisotopic (exact) mass is 445 g/mol. The van der Waals surface area contributed by atoms with Crippen molar-refractivity contribution < 1.29 is 9.84 Å². The molecule has 1 N–H and O–H groups in total. The van der Waals surface area contributed by atoms with Gasteiger partial charge in [0.2, 0.25) is 0 Å². The Morgan fingerprint density at radius 2 is 1.68 bits per heavy atom. The summed E-state index contributed by atoms with van der Waals surface area (Å²) in [4.78, 5) is 2.43. The van der Waals surface area contributed by atoms with Gasteiger partial charge in [-0.3, -0.25) is 4.90 Å². The molecule has 152 valence electrons. The molecule has 1 aliphatic heterocycles. The fraction of sp³-hybridized carbons (Fsp3) is 0.500. The van der Waals surface area contributed by atoms with Crippen molar-refractivity contribution in [1.29, 1.82) is 0 Å². The lowest BCUT2D eigenvalue weighted by Crippen LogP contribution is -2.45. The van der Waals surface area contributed by atoms with E-state index in [1.807, 2.05) is 18.2 Å². The second-order valence-electron chi connectivity index (χ2n) is 8.24. The molecule has 2 atom stereocenters. The highest BCUT2D eigenvalue weighted by Gasteiger charge is 2.40. The van der Waals surface area contributed by atoms with Gasteiger partial charge in [-0.25, -0.2) is 0 Å². The zero-order chi connectivity index (χ0) is 20.0. The molecule has 4 heteroatoms. The Kier molecular flexibility index (Phi) is 7.69. The topological polar surface area (TPSA) is 32.7 Å². The third kappa shape index (κ3) is 5.44. The van der Waals surface area contributed by atoms with Crippen LogP contribution >= 0.6 is 15.9 Å². The fourth-order valence-electron chi connectivity index (χ4n) is 4.03. The van der Waals surface area contributed by atoms with Gasteiger partial charge in [-0.15, -0.1) is 0 Å². The lowest BCUT2D eigenvalue weighted by Gasteiger charge is -2.41. The van der Waals surface area contributed by atoms with Crippen molar-refractivity contribution in [2.45, 2.75) is 38.2 Å². The highest BCUT2D eigenvalue weighted by molar-refractivity contribution is 9.10. The van der Waals surface area contributed by atoms with Crippen molar-refractivity contribution in [3.05, 3.63) is 70.2 Å². The van der Waals surface area contributed by atoms with E-state index < -0.39 is 5.60 Å². The van der Waals surface area contributed by atoms with Crippen molar-refractivity contribution in [3.63, 3.8) is 0 Å². The summed E-state index contributed by atoms with van der Waals surface area (Å²) in [5.41, 5.74) is 1.28. The van der Waals surface area contributed by atoms with Gasteiger partial charge in [0, 0.05) is 30.0 Å². The molecule has 1 aliphatic rings. The molecule has 0 amide bonds. The van der Waals surface area contributed by atoms with Gasteiger partial charge in [-0.2, -0.15) is 0 Å². The number of rotatable bonds is 8. The van der Waals surface area contributed by atoms with Crippen LogP contribution in [-0.2, 0) is 10.3 Å². The lowest BCUT2D eigenvalue weighted by atomic mass is 9.73. The van der Waals surface area contributed by atoms with Crippen molar-refractivity contribution in [2.24, 2.45) is 5.92 Å². The van der Waals surface area contributed by atoms with E-state index in [9.17, 15) is 5.11 Å². The number of halogens is 1. The second kappa shape index (κ2) is 10.0. The predicted molar refractivity (Wildman–Crippen MR) is 119 cm³/mol. The zero-order valence-electron chi connectivity index (χ0n) is 17.0. The maximum atomic E-state index is 12.2. The minimum Gasteiger partial charge on any atom is -0.384 e. The molecule has 0 radical (unpaired) electrons. The Hall–Kier alpha value is -1.20. The maximum Gasteiger partial charge on any atom is 0.0977 e. The molecule has 1 fully saturated rings. The summed E-state index contributed by atoms with van der Waals surface area (Å²) in [7, 11) is 0. The van der Waals surface area contributed by atoms with Crippen LogP contribution in [0.5, 0.6) is 0 Å². The molecule has 0 aliphatic carbocycles. The van der Waals surface area contributed by atoms with Gasteiger partial charge >= 0.3 is 0 Å². The van der Waals surface area contributed by atoms with Crippen molar-refractivity contribution in [1.82, 2.24) is 4.90 Å². The van der Waals surface area contributed by atoms with Gasteiger partial charge in [-0.1, -0.05) is 72.2 Å². The summed E-state index contributed by atoms with van der Waals surface area (Å²) in [5, 5.41) is 12.2. The standard InChI is InChI=1S/C24H32BrNO2/c1-19(2)12-13-24(27,21-8-10-22(25)11-9-21)23(20-6-4-3-5-7-20)18-26-14-16-28-17-15-26/h3-11,19,23,27H,12-18H2,1-2H3. The number of hydrogen-bond donors (Lipinski definition) is 1. The van der Waals surface area contributed by atoms with Crippen molar-refractivity contribution in [2.75, 3.05) is 32.8 Å². The minimum absolute atomic E-state index is 0.00623. The molecule has 1 heterocycles. The van der Waals surface area contributed by atoms with Gasteiger partial charge in [0.05, 0.1) is 18.8 Å². The first kappa shape index (κ1) is 21.5. The van der Waals surface area contributed by atoms with Crippen LogP contribution in [0.2, 0.25) is 0 Å². The molecule has 0 aromatic heterocycles. The van der Waals surface area contributed by atoms with E-state index in [-0.39, 0.29) is 5.92 Å². The van der Waals surface area contributed by atoms with E-state index in [4.69, 9.17) is 4.74 Å². The maximum absolute atomic E-state index is 12.2. The summed E-state index contributed by atoms with van der Waals surface area (Å²) in [6.45, 7) is 8.66. The molecular formula is C24H32BrNO2. The molecule has 0 saturated carbocycles. The Balaban J connectivity index is 1.99. The van der Waals surface area contributed by atoms with Crippen molar-refractivity contribution >= 4 is 15.9 Å². The number of hydrogen-bond acceptors (Lipinski definition) is 3. The first-order valence-corrected chi connectivity index (χ1v) is 11.1. The minimum atomic E-state index is -0.912. The van der Waals surface area contributed by atoms with Gasteiger partial charge < -0.3 is 9.84 Å². The summed E-state index contributed by atoms with van der Waals surface area (Å²) in [5.74, 6) is 0.550. The number of aliphatic hydroxyl groups is 1. The van der Waals surface area contributed by atoms with Gasteiger partial charge in [0.15, 0.2) is 0 Å². The molecule has 3 nitrogen and oxygen atoms in total. The lowest BCUT2D eigenvalue weighted by molar-refractivity contribution is -0.0311. The van der Waals surface area contributed by atoms with Crippen LogP contribution in [0.4, 0.5) is 0 Å². The van der Waals surface area contributed by atoms with E-state index in [0.29, 0.717) is 5.92 Å². The first-order valence-electron chi connectivity index (χ1n) is 10.3. The highest BCUT2D eigenvalue weighted by atomic mass is 79.9. The van der Waals surface area contributed by atoms with Crippen LogP contribution in [-0.4, -0.2) is 42.9 Å². The van der Waals surface area contributed by atoms with E-state index in [1.54, 1.807) is 0 Å². The third-order valence-corrected chi connectivity index (χ3v) is 6.30. The molecule has 0 bridgehead atoms. The van der Waals surface area contributed by atoms with Gasteiger partial charge in [-0.05, 0) is 42.0 Å². The van der Waals surface area contributed by atoms with E-state index in [1.165, 1.54) is 5.56 Å². The molecular weight excluding hydrogens is 414 g/mol. The van der Waals surface area contributed by atoms with E-state index in [0.717, 1.165) is 55.7 Å². The normalized spacial score (nSPS) is 18.8. The average molecular weight is 446 g/mol. The molecule has 2 aromatic rings. The molecule has 2 aromatic carbocycles. The highest BCUT2D eigenvalue weighted by Crippen LogP contribution is 2.42. The molecule has 2 unspecified atom stereocenters. The SMILES string of the molecule is CC(C)CCC(O)(c1ccc(Br)cc1)C(CN1CCOCC1)c1ccccc1. The largest absolute Gasteiger partial charge is 0.384 e. The third-order valence-electron chi connectivity index (χ3n) is 5.77. The van der Waals surface area contributed by atoms with Gasteiger partial charge in [0.1, 0.15) is 0 Å². The summed E-state index contributed by atoms with van der Waals surface area (Å²) in [6, 6.07) is 18.7. The number of nitrogens with zero attached hydrogens (tertiary/aromatic N) is 1. The first-order chi connectivity index (χ1) is 13.5. The molecule has 1 saturated heterocycles. The number of ether oxygens (including phenoxy) is 1. The van der Waals surface area contributed by atoms with Crippen LogP contribution in [0.25, 0.3) is 0 Å². The van der Waals surface area contributed by atoms with Crippen LogP contribution in [0.15, 0.2) is 59.1 Å². The smallest absolute Gasteiger partial charge is 0.0977 e. The fourth-order valence-corrected chi connectivity index (χ4v) is 4.29. The molecule has 3 rings (SSSR count). The average Bonchev–Trinajstić information content (AvgIpc) is 2.72. The molecule has 0 spiro atoms. The van der Waals surface area contributed by atoms with Crippen LogP contribution < -0.4 is 0 Å². The summed E-state index contributed by atoms with van der Waals surface area (Å²) >= 11 is 3.53. The zero-order valence-corrected chi connectivity index (χ0v) is 18.6. The Morgan fingerprint density at radius 1 is 1.04 bits per heavy atom. The molecule has 28 heavy (non-hydrogen) atoms. The Labute approximate surface area is 177 Å². The predicted octanol–water partition coefficient (Wildman–Crippen LogP) is 5.19. The van der Waals surface area contributed by atoms with E-state index >= 15 is 0 Å². The van der Waals surface area contributed by atoms with Gasteiger partial charge in [0.25, 0.3) is 0 Å². The summed E-state index contributed by atoms with van der Waals surface area (Å²) < 4.78 is 6.57. The Bertz CT molecular complexity index is 713. The van der Waals surface area contributed by atoms with Crippen LogP contribution in [0.3, 0.4) is 0 Å². The van der Waals surface area contributed by atoms with Crippen molar-refractivity contribution in [3.8, 4) is 0 Å². The quantitative estimate of drug-likeness (QED) is 0.606.